The molecule has 0 unspecified atom stereocenters. The van der Waals surface area contributed by atoms with E-state index < -0.39 is 29.8 Å². The maximum Gasteiger partial charge on any atom is 0.320 e. The van der Waals surface area contributed by atoms with Crippen LogP contribution in [-0.4, -0.2) is 56.3 Å². The molecule has 0 aliphatic carbocycles. The molecule has 138 valence electrons. The number of rotatable bonds is 6. The molecule has 2 heterocycles. The van der Waals surface area contributed by atoms with Gasteiger partial charge in [-0.25, -0.2) is 4.39 Å². The fourth-order valence-corrected chi connectivity index (χ4v) is 3.47. The van der Waals surface area contributed by atoms with Crippen LogP contribution in [0.5, 0.6) is 0 Å². The maximum absolute atomic E-state index is 14.3. The Morgan fingerprint density at radius 2 is 2.00 bits per heavy atom. The number of nitrogens with one attached hydrogen (secondary N) is 1. The zero-order valence-electron chi connectivity index (χ0n) is 14.2. The van der Waals surface area contributed by atoms with E-state index in [4.69, 9.17) is 0 Å². The van der Waals surface area contributed by atoms with E-state index in [0.717, 1.165) is 0 Å². The van der Waals surface area contributed by atoms with Crippen LogP contribution in [0.4, 0.5) is 4.39 Å². The zero-order chi connectivity index (χ0) is 18.7. The second-order valence-electron chi connectivity index (χ2n) is 6.32. The number of halogens is 1. The van der Waals surface area contributed by atoms with Gasteiger partial charge in [-0.15, -0.1) is 10.2 Å². The molecule has 0 radical (unpaired) electrons. The van der Waals surface area contributed by atoms with Gasteiger partial charge in [0.2, 0.25) is 5.91 Å². The van der Waals surface area contributed by atoms with Crippen molar-refractivity contribution >= 4 is 11.9 Å². The molecule has 8 nitrogen and oxygen atoms in total. The molecule has 2 aromatic rings. The Morgan fingerprint density at radius 3 is 2.65 bits per heavy atom. The van der Waals surface area contributed by atoms with Gasteiger partial charge >= 0.3 is 5.97 Å². The quantitative estimate of drug-likeness (QED) is 0.785. The van der Waals surface area contributed by atoms with Crippen LogP contribution in [0.25, 0.3) is 0 Å². The van der Waals surface area contributed by atoms with Gasteiger partial charge < -0.3 is 15.0 Å². The summed E-state index contributed by atoms with van der Waals surface area (Å²) >= 11 is 0. The van der Waals surface area contributed by atoms with Crippen molar-refractivity contribution in [1.29, 1.82) is 0 Å². The summed E-state index contributed by atoms with van der Waals surface area (Å²) in [5.41, 5.74) is 0.331. The molecule has 0 bridgehead atoms. The van der Waals surface area contributed by atoms with Crippen molar-refractivity contribution in [3.8, 4) is 0 Å². The van der Waals surface area contributed by atoms with Gasteiger partial charge in [0.1, 0.15) is 24.5 Å². The van der Waals surface area contributed by atoms with Crippen LogP contribution in [0, 0.1) is 11.7 Å². The van der Waals surface area contributed by atoms with Crippen LogP contribution in [0.2, 0.25) is 0 Å². The molecular formula is C17H20FN5O3. The second-order valence-corrected chi connectivity index (χ2v) is 6.32. The van der Waals surface area contributed by atoms with Crippen LogP contribution in [0.15, 0.2) is 36.9 Å². The Bertz CT molecular complexity index is 782. The van der Waals surface area contributed by atoms with Crippen LogP contribution >= 0.6 is 0 Å². The highest BCUT2D eigenvalue weighted by molar-refractivity contribution is 5.83. The van der Waals surface area contributed by atoms with E-state index in [-0.39, 0.29) is 12.3 Å². The molecule has 1 saturated heterocycles. The summed E-state index contributed by atoms with van der Waals surface area (Å²) in [6, 6.07) is 4.69. The van der Waals surface area contributed by atoms with Gasteiger partial charge in [0, 0.05) is 24.7 Å². The number of likely N-dealkylation sites (N-methyl/N-ethyl adjacent to an activating group) is 1. The predicted octanol–water partition coefficient (Wildman–Crippen LogP) is 0.680. The molecule has 0 saturated carbocycles. The highest BCUT2D eigenvalue weighted by Gasteiger charge is 2.47. The molecule has 1 aliphatic heterocycles. The molecule has 9 heteroatoms. The first-order valence-corrected chi connectivity index (χ1v) is 8.28. The van der Waals surface area contributed by atoms with E-state index in [1.54, 1.807) is 34.7 Å². The third-order valence-corrected chi connectivity index (χ3v) is 4.77. The number of hydrogen-bond donors (Lipinski definition) is 2. The average Bonchev–Trinajstić information content (AvgIpc) is 3.23. The lowest BCUT2D eigenvalue weighted by Gasteiger charge is -2.26. The largest absolute Gasteiger partial charge is 0.480 e. The Balaban J connectivity index is 1.76. The van der Waals surface area contributed by atoms with Crippen LogP contribution in [0.3, 0.4) is 0 Å². The number of amides is 1. The minimum absolute atomic E-state index is 0.128. The Morgan fingerprint density at radius 1 is 1.31 bits per heavy atom. The summed E-state index contributed by atoms with van der Waals surface area (Å²) in [5, 5.41) is 19.6. The highest BCUT2D eigenvalue weighted by Crippen LogP contribution is 2.41. The Labute approximate surface area is 149 Å². The number of aliphatic carboxylic acids is 1. The predicted molar refractivity (Wildman–Crippen MR) is 89.5 cm³/mol. The third-order valence-electron chi connectivity index (χ3n) is 4.77. The first-order valence-electron chi connectivity index (χ1n) is 8.28. The summed E-state index contributed by atoms with van der Waals surface area (Å²) in [6.45, 7) is 0.840. The Kier molecular flexibility index (Phi) is 5.27. The summed E-state index contributed by atoms with van der Waals surface area (Å²) in [6.07, 6.45) is 3.21. The molecule has 0 spiro atoms. The fraction of sp³-hybridized carbons (Fsp3) is 0.412. The van der Waals surface area contributed by atoms with Crippen molar-refractivity contribution in [1.82, 2.24) is 25.0 Å². The summed E-state index contributed by atoms with van der Waals surface area (Å²) in [4.78, 5) is 25.8. The van der Waals surface area contributed by atoms with Crippen molar-refractivity contribution < 1.29 is 19.1 Å². The summed E-state index contributed by atoms with van der Waals surface area (Å²) < 4.78 is 16.0. The topological polar surface area (TPSA) is 100 Å². The molecule has 1 fully saturated rings. The molecule has 1 aromatic heterocycles. The monoisotopic (exact) mass is 361 g/mol. The number of carbonyl (C=O) groups is 2. The van der Waals surface area contributed by atoms with E-state index in [9.17, 15) is 19.1 Å². The van der Waals surface area contributed by atoms with E-state index in [2.05, 4.69) is 15.5 Å². The highest BCUT2D eigenvalue weighted by atomic mass is 19.1. The van der Waals surface area contributed by atoms with Crippen LogP contribution in [-0.2, 0) is 16.1 Å². The molecule has 2 N–H and O–H groups in total. The normalized spacial score (nSPS) is 23.1. The maximum atomic E-state index is 14.3. The van der Waals surface area contributed by atoms with Crippen molar-refractivity contribution in [2.24, 2.45) is 5.92 Å². The van der Waals surface area contributed by atoms with Gasteiger partial charge in [0.25, 0.3) is 0 Å². The first-order chi connectivity index (χ1) is 12.5. The number of carbonyl (C=O) groups excluding carboxylic acids is 1. The standard InChI is InChI=1S/C17H20FN5O3/c1-22-14(17(25)26)8-12(15(22)11-4-2-3-5-13(11)18)16(24)19-6-7-23-9-20-21-10-23/h2-5,9-10,12,14-15H,6-8H2,1H3,(H,19,24)(H,25,26)/t12-,14-,15-/m0/s1. The van der Waals surface area contributed by atoms with Crippen LogP contribution in [0.1, 0.15) is 18.0 Å². The van der Waals surface area contributed by atoms with E-state index in [1.807, 2.05) is 0 Å². The van der Waals surface area contributed by atoms with E-state index in [0.29, 0.717) is 18.7 Å². The van der Waals surface area contributed by atoms with Gasteiger partial charge in [-0.05, 0) is 19.5 Å². The van der Waals surface area contributed by atoms with Gasteiger partial charge in [-0.3, -0.25) is 14.5 Å². The Hall–Kier alpha value is -2.81. The number of benzene rings is 1. The van der Waals surface area contributed by atoms with Gasteiger partial charge in [0.05, 0.1) is 5.92 Å². The number of carboxylic acids is 1. The first kappa shape index (κ1) is 18.0. The minimum atomic E-state index is -1.02. The zero-order valence-corrected chi connectivity index (χ0v) is 14.2. The van der Waals surface area contributed by atoms with Gasteiger partial charge in [-0.1, -0.05) is 18.2 Å². The lowest BCUT2D eigenvalue weighted by atomic mass is 9.92. The van der Waals surface area contributed by atoms with Gasteiger partial charge in [-0.2, -0.15) is 0 Å². The summed E-state index contributed by atoms with van der Waals surface area (Å²) in [7, 11) is 1.61. The van der Waals surface area contributed by atoms with E-state index >= 15 is 0 Å². The number of carboxylic acid groups (broad SMARTS) is 1. The number of nitrogens with zero attached hydrogens (tertiary/aromatic N) is 4. The molecular weight excluding hydrogens is 341 g/mol. The third kappa shape index (κ3) is 3.57. The summed E-state index contributed by atoms with van der Waals surface area (Å²) in [5.74, 6) is -2.41. The number of hydrogen-bond acceptors (Lipinski definition) is 5. The lowest BCUT2D eigenvalue weighted by molar-refractivity contribution is -0.142. The second kappa shape index (κ2) is 7.61. The van der Waals surface area contributed by atoms with Crippen molar-refractivity contribution in [3.05, 3.63) is 48.3 Å². The molecule has 1 aliphatic rings. The lowest BCUT2D eigenvalue weighted by Crippen LogP contribution is -2.37. The van der Waals surface area contributed by atoms with E-state index in [1.165, 1.54) is 18.7 Å². The molecule has 3 rings (SSSR count). The number of aromatic nitrogens is 3. The van der Waals surface area contributed by atoms with Crippen molar-refractivity contribution in [2.75, 3.05) is 13.6 Å². The minimum Gasteiger partial charge on any atom is -0.480 e. The smallest absolute Gasteiger partial charge is 0.320 e. The molecule has 3 atom stereocenters. The molecule has 26 heavy (non-hydrogen) atoms. The fourth-order valence-electron chi connectivity index (χ4n) is 3.47. The van der Waals surface area contributed by atoms with Crippen molar-refractivity contribution in [3.63, 3.8) is 0 Å². The molecule has 1 aromatic carbocycles. The van der Waals surface area contributed by atoms with Gasteiger partial charge in [0.15, 0.2) is 0 Å². The van der Waals surface area contributed by atoms with Crippen molar-refractivity contribution in [2.45, 2.75) is 25.0 Å². The number of likely N-dealkylation sites (tertiary alicyclic amines) is 1. The SMILES string of the molecule is CN1[C@H](C(=O)O)C[C@H](C(=O)NCCn2cnnc2)[C@@H]1c1ccccc1F. The average molecular weight is 361 g/mol. The van der Waals surface area contributed by atoms with Crippen LogP contribution < -0.4 is 5.32 Å². The molecule has 1 amide bonds.